The number of nitrogens with one attached hydrogen (secondary N) is 2. The normalized spacial score (nSPS) is 10.7. The predicted octanol–water partition coefficient (Wildman–Crippen LogP) is 2.83. The summed E-state index contributed by atoms with van der Waals surface area (Å²) in [7, 11) is 0. The van der Waals surface area contributed by atoms with Gasteiger partial charge in [0.25, 0.3) is 5.91 Å². The summed E-state index contributed by atoms with van der Waals surface area (Å²) in [5.41, 5.74) is 7.22. The number of carboxylic acid groups (broad SMARTS) is 1. The van der Waals surface area contributed by atoms with E-state index in [0.29, 0.717) is 16.6 Å². The zero-order valence-corrected chi connectivity index (χ0v) is 14.0. The SMILES string of the molecule is Cc1cc(C)c(NC(=O)c2ccc3nn(NC(=O)O)nc3c2)c(C)c1. The molecular weight excluding hydrogens is 322 g/mol. The molecule has 0 fully saturated rings. The lowest BCUT2D eigenvalue weighted by Gasteiger charge is -2.12. The van der Waals surface area contributed by atoms with Crippen molar-refractivity contribution < 1.29 is 14.7 Å². The number of fused-ring (bicyclic) bond motifs is 1. The smallest absolute Gasteiger partial charge is 0.426 e. The minimum absolute atomic E-state index is 0.266. The molecule has 0 saturated carbocycles. The van der Waals surface area contributed by atoms with Crippen LogP contribution in [0.1, 0.15) is 27.0 Å². The maximum Gasteiger partial charge on any atom is 0.426 e. The Morgan fingerprint density at radius 3 is 2.28 bits per heavy atom. The van der Waals surface area contributed by atoms with Gasteiger partial charge in [-0.3, -0.25) is 4.79 Å². The second kappa shape index (κ2) is 6.23. The molecule has 3 aromatic rings. The molecule has 0 radical (unpaired) electrons. The first-order valence-electron chi connectivity index (χ1n) is 7.60. The minimum Gasteiger partial charge on any atom is -0.464 e. The van der Waals surface area contributed by atoms with E-state index in [-0.39, 0.29) is 5.91 Å². The molecule has 128 valence electrons. The summed E-state index contributed by atoms with van der Waals surface area (Å²) in [4.78, 5) is 24.0. The summed E-state index contributed by atoms with van der Waals surface area (Å²) in [5, 5.41) is 19.6. The first-order chi connectivity index (χ1) is 11.8. The zero-order valence-electron chi connectivity index (χ0n) is 14.0. The van der Waals surface area contributed by atoms with Crippen molar-refractivity contribution in [2.75, 3.05) is 10.7 Å². The molecule has 0 spiro atoms. The molecule has 8 nitrogen and oxygen atoms in total. The average molecular weight is 339 g/mol. The fourth-order valence-corrected chi connectivity index (χ4v) is 2.75. The van der Waals surface area contributed by atoms with Gasteiger partial charge in [-0.15, -0.1) is 10.2 Å². The van der Waals surface area contributed by atoms with Crippen LogP contribution in [0.5, 0.6) is 0 Å². The molecular formula is C17H17N5O3. The zero-order chi connectivity index (χ0) is 18.1. The van der Waals surface area contributed by atoms with Crippen molar-refractivity contribution in [3.05, 3.63) is 52.6 Å². The molecule has 0 unspecified atom stereocenters. The summed E-state index contributed by atoms with van der Waals surface area (Å²) in [6, 6.07) is 8.82. The Hall–Kier alpha value is -3.42. The van der Waals surface area contributed by atoms with E-state index >= 15 is 0 Å². The van der Waals surface area contributed by atoms with Gasteiger partial charge in [-0.2, -0.15) is 5.43 Å². The number of aryl methyl sites for hydroxylation is 3. The Morgan fingerprint density at radius 1 is 1.00 bits per heavy atom. The van der Waals surface area contributed by atoms with E-state index in [1.54, 1.807) is 18.2 Å². The fourth-order valence-electron chi connectivity index (χ4n) is 2.75. The molecule has 3 N–H and O–H groups in total. The first-order valence-corrected chi connectivity index (χ1v) is 7.60. The molecule has 0 saturated heterocycles. The van der Waals surface area contributed by atoms with Gasteiger partial charge in [0, 0.05) is 11.3 Å². The third kappa shape index (κ3) is 3.42. The number of aromatic nitrogens is 3. The van der Waals surface area contributed by atoms with E-state index in [1.807, 2.05) is 38.3 Å². The van der Waals surface area contributed by atoms with E-state index < -0.39 is 6.09 Å². The third-order valence-electron chi connectivity index (χ3n) is 3.75. The number of amides is 2. The van der Waals surface area contributed by atoms with Crippen LogP contribution in [0.15, 0.2) is 30.3 Å². The highest BCUT2D eigenvalue weighted by molar-refractivity contribution is 6.06. The standard InChI is InChI=1S/C17H17N5O3/c1-9-6-10(2)15(11(3)7-9)18-16(23)12-4-5-13-14(8-12)20-22(19-13)21-17(24)25/h4-8,21H,1-3H3,(H,18,23)(H,24,25). The maximum absolute atomic E-state index is 12.6. The monoisotopic (exact) mass is 339 g/mol. The van der Waals surface area contributed by atoms with Crippen molar-refractivity contribution in [3.63, 3.8) is 0 Å². The van der Waals surface area contributed by atoms with Gasteiger partial charge in [0.2, 0.25) is 0 Å². The molecule has 8 heteroatoms. The quantitative estimate of drug-likeness (QED) is 0.680. The van der Waals surface area contributed by atoms with E-state index in [9.17, 15) is 9.59 Å². The molecule has 1 aromatic heterocycles. The molecule has 25 heavy (non-hydrogen) atoms. The van der Waals surface area contributed by atoms with E-state index in [0.717, 1.165) is 27.3 Å². The van der Waals surface area contributed by atoms with Gasteiger partial charge in [0.1, 0.15) is 11.0 Å². The molecule has 0 atom stereocenters. The number of hydrogen-bond acceptors (Lipinski definition) is 4. The van der Waals surface area contributed by atoms with Crippen molar-refractivity contribution in [2.45, 2.75) is 20.8 Å². The van der Waals surface area contributed by atoms with Crippen molar-refractivity contribution in [1.82, 2.24) is 15.1 Å². The molecule has 3 rings (SSSR count). The molecule has 0 bridgehead atoms. The van der Waals surface area contributed by atoms with Crippen molar-refractivity contribution in [3.8, 4) is 0 Å². The van der Waals surface area contributed by atoms with Crippen molar-refractivity contribution >= 4 is 28.7 Å². The van der Waals surface area contributed by atoms with Gasteiger partial charge >= 0.3 is 6.09 Å². The molecule has 0 aliphatic heterocycles. The molecule has 1 heterocycles. The second-order valence-corrected chi connectivity index (χ2v) is 5.84. The number of anilines is 1. The molecule has 0 aliphatic carbocycles. The Balaban J connectivity index is 1.88. The Labute approximate surface area is 143 Å². The Kier molecular flexibility index (Phi) is 4.10. The van der Waals surface area contributed by atoms with Crippen LogP contribution in [0.2, 0.25) is 0 Å². The van der Waals surface area contributed by atoms with Gasteiger partial charge in [0.05, 0.1) is 0 Å². The Bertz CT molecular complexity index is 970. The number of carbonyl (C=O) groups is 2. The third-order valence-corrected chi connectivity index (χ3v) is 3.75. The number of rotatable bonds is 3. The highest BCUT2D eigenvalue weighted by Gasteiger charge is 2.13. The predicted molar refractivity (Wildman–Crippen MR) is 93.5 cm³/mol. The highest BCUT2D eigenvalue weighted by Crippen LogP contribution is 2.23. The largest absolute Gasteiger partial charge is 0.464 e. The lowest BCUT2D eigenvalue weighted by molar-refractivity contribution is 0.102. The van der Waals surface area contributed by atoms with Crippen LogP contribution in [-0.4, -0.2) is 32.2 Å². The van der Waals surface area contributed by atoms with E-state index in [2.05, 4.69) is 15.5 Å². The highest BCUT2D eigenvalue weighted by atomic mass is 16.4. The number of nitrogens with zero attached hydrogens (tertiary/aromatic N) is 3. The number of carbonyl (C=O) groups excluding carboxylic acids is 1. The fraction of sp³-hybridized carbons (Fsp3) is 0.176. The topological polar surface area (TPSA) is 109 Å². The van der Waals surface area contributed by atoms with Crippen molar-refractivity contribution in [2.24, 2.45) is 0 Å². The van der Waals surface area contributed by atoms with Crippen LogP contribution in [0.3, 0.4) is 0 Å². The van der Waals surface area contributed by atoms with Gasteiger partial charge in [-0.25, -0.2) is 4.79 Å². The van der Waals surface area contributed by atoms with Crippen LogP contribution < -0.4 is 10.7 Å². The van der Waals surface area contributed by atoms with Gasteiger partial charge in [0.15, 0.2) is 0 Å². The van der Waals surface area contributed by atoms with E-state index in [1.165, 1.54) is 0 Å². The summed E-state index contributed by atoms with van der Waals surface area (Å²) in [5.74, 6) is -0.266. The Morgan fingerprint density at radius 2 is 1.64 bits per heavy atom. The second-order valence-electron chi connectivity index (χ2n) is 5.84. The molecule has 0 aliphatic rings. The summed E-state index contributed by atoms with van der Waals surface area (Å²) in [6.45, 7) is 5.90. The van der Waals surface area contributed by atoms with Crippen LogP contribution >= 0.6 is 0 Å². The van der Waals surface area contributed by atoms with Crippen LogP contribution in [-0.2, 0) is 0 Å². The first kappa shape index (κ1) is 16.4. The minimum atomic E-state index is -1.27. The molecule has 2 amide bonds. The number of hydrogen-bond donors (Lipinski definition) is 3. The average Bonchev–Trinajstić information content (AvgIpc) is 2.90. The number of benzene rings is 2. The summed E-state index contributed by atoms with van der Waals surface area (Å²) < 4.78 is 0. The summed E-state index contributed by atoms with van der Waals surface area (Å²) in [6.07, 6.45) is -1.27. The van der Waals surface area contributed by atoms with Crippen LogP contribution in [0.25, 0.3) is 11.0 Å². The van der Waals surface area contributed by atoms with Gasteiger partial charge in [-0.1, -0.05) is 22.6 Å². The maximum atomic E-state index is 12.6. The molecule has 2 aromatic carbocycles. The lowest BCUT2D eigenvalue weighted by Crippen LogP contribution is -2.22. The lowest BCUT2D eigenvalue weighted by atomic mass is 10.0. The van der Waals surface area contributed by atoms with E-state index in [4.69, 9.17) is 5.11 Å². The van der Waals surface area contributed by atoms with Gasteiger partial charge < -0.3 is 10.4 Å². The summed E-state index contributed by atoms with van der Waals surface area (Å²) >= 11 is 0. The van der Waals surface area contributed by atoms with Gasteiger partial charge in [-0.05, 0) is 50.1 Å². The van der Waals surface area contributed by atoms with Crippen LogP contribution in [0, 0.1) is 20.8 Å². The van der Waals surface area contributed by atoms with Crippen LogP contribution in [0.4, 0.5) is 10.5 Å². The van der Waals surface area contributed by atoms with Crippen molar-refractivity contribution in [1.29, 1.82) is 0 Å².